The maximum atomic E-state index is 12.2. The largest absolute Gasteiger partial charge is 0.480 e. The number of hydrogen-bond acceptors (Lipinski definition) is 6. The summed E-state index contributed by atoms with van der Waals surface area (Å²) in [5.41, 5.74) is 0. The van der Waals surface area contributed by atoms with Crippen LogP contribution < -0.4 is 10.6 Å². The molecule has 0 heterocycles. The monoisotopic (exact) mass is 500 g/mol. The maximum absolute atomic E-state index is 12.2. The van der Waals surface area contributed by atoms with Gasteiger partial charge in [0, 0.05) is 12.8 Å². The lowest BCUT2D eigenvalue weighted by molar-refractivity contribution is -0.150. The van der Waals surface area contributed by atoms with Crippen molar-refractivity contribution in [3.8, 4) is 0 Å². The molecule has 0 aliphatic carbocycles. The predicted octanol–water partition coefficient (Wildman–Crippen LogP) is 3.86. The van der Waals surface area contributed by atoms with E-state index in [1.807, 2.05) is 0 Å². The van der Waals surface area contributed by atoms with Crippen LogP contribution in [-0.4, -0.2) is 59.3 Å². The molecule has 0 aliphatic rings. The standard InChI is InChI=1S/C26H48N2O7/c1-3-5-7-8-9-10-14-18-25(32)35-21(15-6-4-2)16-12-11-13-17-23(30)27-19-24(31)28-22(20-29)26(33)34/h21-22,29H,3-20H2,1-2H3,(H,27,30)(H,28,31)(H,33,34). The van der Waals surface area contributed by atoms with Gasteiger partial charge in [0.25, 0.3) is 0 Å². The Bertz CT molecular complexity index is 598. The molecule has 0 rings (SSSR count). The van der Waals surface area contributed by atoms with E-state index in [0.717, 1.165) is 51.4 Å². The van der Waals surface area contributed by atoms with Gasteiger partial charge in [0.05, 0.1) is 13.2 Å². The first kappa shape index (κ1) is 32.8. The van der Waals surface area contributed by atoms with Crippen LogP contribution in [0.4, 0.5) is 0 Å². The van der Waals surface area contributed by atoms with Crippen LogP contribution in [0.3, 0.4) is 0 Å². The van der Waals surface area contributed by atoms with E-state index in [-0.39, 0.29) is 30.9 Å². The number of aliphatic hydroxyl groups excluding tert-OH is 1. The van der Waals surface area contributed by atoms with E-state index in [1.165, 1.54) is 32.1 Å². The van der Waals surface area contributed by atoms with Crippen molar-refractivity contribution in [2.45, 2.75) is 129 Å². The van der Waals surface area contributed by atoms with E-state index in [2.05, 4.69) is 24.5 Å². The van der Waals surface area contributed by atoms with E-state index >= 15 is 0 Å². The Morgan fingerprint density at radius 1 is 0.743 bits per heavy atom. The number of carboxylic acid groups (broad SMARTS) is 1. The molecule has 2 atom stereocenters. The fourth-order valence-electron chi connectivity index (χ4n) is 3.70. The highest BCUT2D eigenvalue weighted by molar-refractivity contribution is 5.87. The summed E-state index contributed by atoms with van der Waals surface area (Å²) in [6, 6.07) is -1.38. The lowest BCUT2D eigenvalue weighted by Gasteiger charge is -2.18. The second-order valence-electron chi connectivity index (χ2n) is 9.14. The van der Waals surface area contributed by atoms with Crippen molar-refractivity contribution in [2.75, 3.05) is 13.2 Å². The number of esters is 1. The number of rotatable bonds is 23. The van der Waals surface area contributed by atoms with Crippen LogP contribution in [0, 0.1) is 0 Å². The van der Waals surface area contributed by atoms with Crippen molar-refractivity contribution in [1.29, 1.82) is 0 Å². The van der Waals surface area contributed by atoms with Gasteiger partial charge in [0.1, 0.15) is 12.1 Å². The van der Waals surface area contributed by atoms with Gasteiger partial charge in [-0.05, 0) is 32.1 Å². The molecule has 2 unspecified atom stereocenters. The van der Waals surface area contributed by atoms with E-state index in [1.54, 1.807) is 0 Å². The average Bonchev–Trinajstić information content (AvgIpc) is 2.83. The summed E-state index contributed by atoms with van der Waals surface area (Å²) in [4.78, 5) is 46.5. The van der Waals surface area contributed by atoms with Crippen LogP contribution in [-0.2, 0) is 23.9 Å². The summed E-state index contributed by atoms with van der Waals surface area (Å²) in [5.74, 6) is -2.41. The number of carbonyl (C=O) groups excluding carboxylic acids is 3. The number of aliphatic hydroxyl groups is 1. The van der Waals surface area contributed by atoms with Gasteiger partial charge in [0.15, 0.2) is 0 Å². The third-order valence-electron chi connectivity index (χ3n) is 5.85. The summed E-state index contributed by atoms with van der Waals surface area (Å²) in [5, 5.41) is 22.3. The Labute approximate surface area is 210 Å². The number of aliphatic carboxylic acids is 1. The molecule has 0 bridgehead atoms. The summed E-state index contributed by atoms with van der Waals surface area (Å²) >= 11 is 0. The van der Waals surface area contributed by atoms with Gasteiger partial charge in [-0.1, -0.05) is 71.6 Å². The smallest absolute Gasteiger partial charge is 0.328 e. The molecule has 35 heavy (non-hydrogen) atoms. The van der Waals surface area contributed by atoms with Crippen LogP contribution in [0.5, 0.6) is 0 Å². The van der Waals surface area contributed by atoms with Crippen molar-refractivity contribution in [1.82, 2.24) is 10.6 Å². The van der Waals surface area contributed by atoms with E-state index < -0.39 is 24.5 Å². The molecule has 204 valence electrons. The molecule has 0 aromatic heterocycles. The van der Waals surface area contributed by atoms with Crippen LogP contribution in [0.25, 0.3) is 0 Å². The van der Waals surface area contributed by atoms with Crippen LogP contribution in [0.1, 0.15) is 117 Å². The zero-order valence-corrected chi connectivity index (χ0v) is 21.8. The molecular weight excluding hydrogens is 452 g/mol. The summed E-state index contributed by atoms with van der Waals surface area (Å²) < 4.78 is 5.73. The number of ether oxygens (including phenoxy) is 1. The number of hydrogen-bond donors (Lipinski definition) is 4. The van der Waals surface area contributed by atoms with E-state index in [0.29, 0.717) is 12.8 Å². The van der Waals surface area contributed by atoms with Gasteiger partial charge in [-0.2, -0.15) is 0 Å². The van der Waals surface area contributed by atoms with E-state index in [4.69, 9.17) is 14.9 Å². The minimum Gasteiger partial charge on any atom is -0.480 e. The topological polar surface area (TPSA) is 142 Å². The first-order chi connectivity index (χ1) is 16.8. The van der Waals surface area contributed by atoms with Crippen LogP contribution >= 0.6 is 0 Å². The number of carbonyl (C=O) groups is 4. The third kappa shape index (κ3) is 19.8. The molecule has 0 spiro atoms. The summed E-state index contributed by atoms with van der Waals surface area (Å²) in [6.45, 7) is 3.26. The van der Waals surface area contributed by atoms with Crippen molar-refractivity contribution in [2.24, 2.45) is 0 Å². The molecule has 0 fully saturated rings. The second kappa shape index (κ2) is 22.3. The van der Waals surface area contributed by atoms with Gasteiger partial charge in [-0.25, -0.2) is 4.79 Å². The van der Waals surface area contributed by atoms with Crippen molar-refractivity contribution in [3.63, 3.8) is 0 Å². The van der Waals surface area contributed by atoms with Gasteiger partial charge in [-0.15, -0.1) is 0 Å². The minimum absolute atomic E-state index is 0.0711. The summed E-state index contributed by atoms with van der Waals surface area (Å²) in [7, 11) is 0. The maximum Gasteiger partial charge on any atom is 0.328 e. The van der Waals surface area contributed by atoms with Crippen LogP contribution in [0.2, 0.25) is 0 Å². The van der Waals surface area contributed by atoms with Gasteiger partial charge < -0.3 is 25.6 Å². The Morgan fingerprint density at radius 2 is 1.31 bits per heavy atom. The van der Waals surface area contributed by atoms with E-state index in [9.17, 15) is 19.2 Å². The van der Waals surface area contributed by atoms with Gasteiger partial charge >= 0.3 is 11.9 Å². The zero-order valence-electron chi connectivity index (χ0n) is 21.8. The highest BCUT2D eigenvalue weighted by Gasteiger charge is 2.19. The Morgan fingerprint density at radius 3 is 1.94 bits per heavy atom. The zero-order chi connectivity index (χ0) is 26.3. The molecule has 0 saturated carbocycles. The molecule has 9 heteroatoms. The van der Waals surface area contributed by atoms with Crippen molar-refractivity contribution >= 4 is 23.8 Å². The average molecular weight is 501 g/mol. The number of unbranched alkanes of at least 4 members (excludes halogenated alkanes) is 9. The number of nitrogens with one attached hydrogen (secondary N) is 2. The number of amides is 2. The molecule has 0 radical (unpaired) electrons. The van der Waals surface area contributed by atoms with Gasteiger partial charge in [-0.3, -0.25) is 14.4 Å². The first-order valence-corrected chi connectivity index (χ1v) is 13.4. The quantitative estimate of drug-likeness (QED) is 0.123. The fourth-order valence-corrected chi connectivity index (χ4v) is 3.70. The minimum atomic E-state index is -1.38. The molecule has 0 aromatic rings. The van der Waals surface area contributed by atoms with Crippen molar-refractivity contribution in [3.05, 3.63) is 0 Å². The molecule has 9 nitrogen and oxygen atoms in total. The Hall–Kier alpha value is -2.16. The number of carboxylic acids is 1. The third-order valence-corrected chi connectivity index (χ3v) is 5.85. The molecule has 0 aromatic carbocycles. The normalized spacial score (nSPS) is 12.5. The molecule has 0 aliphatic heterocycles. The SMILES string of the molecule is CCCCCCCCCC(=O)OC(CCCC)CCCCCC(=O)NCC(=O)NC(CO)C(=O)O. The lowest BCUT2D eigenvalue weighted by Crippen LogP contribution is -2.47. The highest BCUT2D eigenvalue weighted by Crippen LogP contribution is 2.16. The molecule has 0 saturated heterocycles. The summed E-state index contributed by atoms with van der Waals surface area (Å²) in [6.07, 6.45) is 14.8. The Balaban J connectivity index is 4.03. The molecule has 2 amide bonds. The van der Waals surface area contributed by atoms with Crippen LogP contribution in [0.15, 0.2) is 0 Å². The highest BCUT2D eigenvalue weighted by atomic mass is 16.5. The molecular formula is C26H48N2O7. The molecule has 4 N–H and O–H groups in total. The Kier molecular flexibility index (Phi) is 20.9. The first-order valence-electron chi connectivity index (χ1n) is 13.4. The predicted molar refractivity (Wildman–Crippen MR) is 135 cm³/mol. The lowest BCUT2D eigenvalue weighted by atomic mass is 10.0. The van der Waals surface area contributed by atoms with Gasteiger partial charge in [0.2, 0.25) is 11.8 Å². The van der Waals surface area contributed by atoms with Crippen molar-refractivity contribution < 1.29 is 34.1 Å². The second-order valence-corrected chi connectivity index (χ2v) is 9.14. The fraction of sp³-hybridized carbons (Fsp3) is 0.846.